The molecule has 1 N–H and O–H groups in total. The van der Waals surface area contributed by atoms with Crippen LogP contribution in [0, 0.1) is 11.8 Å². The SMILES string of the molecule is CC1CC(C)CN(S(=O)(=O)c2ccc(C(=O)Nc3nnc(-c4ccc(S(C)(=O)=O)cc4)o3)cc2)C1. The van der Waals surface area contributed by atoms with Crippen LogP contribution < -0.4 is 5.32 Å². The van der Waals surface area contributed by atoms with Gasteiger partial charge in [0.25, 0.3) is 5.91 Å². The Morgan fingerprint density at radius 2 is 1.49 bits per heavy atom. The molecule has 0 aliphatic carbocycles. The van der Waals surface area contributed by atoms with E-state index in [1.165, 1.54) is 52.8 Å². The molecule has 3 aromatic rings. The highest BCUT2D eigenvalue weighted by Gasteiger charge is 2.31. The Hall–Kier alpha value is -3.09. The number of piperidine rings is 1. The maximum atomic E-state index is 13.0. The van der Waals surface area contributed by atoms with Crippen LogP contribution in [-0.2, 0) is 19.9 Å². The van der Waals surface area contributed by atoms with E-state index in [2.05, 4.69) is 15.5 Å². The second kappa shape index (κ2) is 9.51. The molecule has 1 saturated heterocycles. The van der Waals surface area contributed by atoms with Crippen molar-refractivity contribution in [3.63, 3.8) is 0 Å². The quantitative estimate of drug-likeness (QED) is 0.525. The van der Waals surface area contributed by atoms with Gasteiger partial charge in [0.1, 0.15) is 0 Å². The zero-order valence-electron chi connectivity index (χ0n) is 19.5. The molecule has 10 nitrogen and oxygen atoms in total. The van der Waals surface area contributed by atoms with Gasteiger partial charge < -0.3 is 4.42 Å². The first-order chi connectivity index (χ1) is 16.4. The van der Waals surface area contributed by atoms with Crippen molar-refractivity contribution in [1.82, 2.24) is 14.5 Å². The molecule has 4 rings (SSSR count). The van der Waals surface area contributed by atoms with Gasteiger partial charge in [0, 0.05) is 30.5 Å². The molecule has 12 heteroatoms. The summed E-state index contributed by atoms with van der Waals surface area (Å²) in [6.45, 7) is 5.04. The van der Waals surface area contributed by atoms with E-state index in [1.807, 2.05) is 13.8 Å². The maximum Gasteiger partial charge on any atom is 0.322 e. The minimum absolute atomic E-state index is 0.104. The number of rotatable bonds is 6. The standard InChI is InChI=1S/C23H26N4O6S2/c1-15-12-16(2)14-27(13-15)35(31,32)20-10-4-17(5-11-20)21(28)24-23-26-25-22(33-23)18-6-8-19(9-7-18)34(3,29)30/h4-11,15-16H,12-14H2,1-3H3,(H,24,26,28). The van der Waals surface area contributed by atoms with Crippen molar-refractivity contribution in [2.45, 2.75) is 30.1 Å². The molecule has 2 aromatic carbocycles. The van der Waals surface area contributed by atoms with Crippen molar-refractivity contribution in [1.29, 1.82) is 0 Å². The van der Waals surface area contributed by atoms with Crippen LogP contribution in [0.2, 0.25) is 0 Å². The maximum absolute atomic E-state index is 13.0. The Balaban J connectivity index is 1.44. The fraction of sp³-hybridized carbons (Fsp3) is 0.348. The molecule has 0 radical (unpaired) electrons. The van der Waals surface area contributed by atoms with Gasteiger partial charge in [-0.25, -0.2) is 16.8 Å². The summed E-state index contributed by atoms with van der Waals surface area (Å²) >= 11 is 0. The third-order valence-electron chi connectivity index (χ3n) is 5.76. The van der Waals surface area contributed by atoms with Crippen molar-refractivity contribution in [2.24, 2.45) is 11.8 Å². The Bertz CT molecular complexity index is 1420. The molecular formula is C23H26N4O6S2. The molecule has 186 valence electrons. The van der Waals surface area contributed by atoms with Crippen LogP contribution in [0.15, 0.2) is 62.7 Å². The molecule has 0 saturated carbocycles. The Morgan fingerprint density at radius 1 is 0.914 bits per heavy atom. The summed E-state index contributed by atoms with van der Waals surface area (Å²) in [5.74, 6) is 0.134. The lowest BCUT2D eigenvalue weighted by atomic mass is 9.94. The van der Waals surface area contributed by atoms with E-state index in [0.717, 1.165) is 12.7 Å². The molecule has 0 bridgehead atoms. The highest BCUT2D eigenvalue weighted by Crippen LogP contribution is 2.27. The smallest absolute Gasteiger partial charge is 0.322 e. The average molecular weight is 519 g/mol. The van der Waals surface area contributed by atoms with Gasteiger partial charge in [-0.1, -0.05) is 18.9 Å². The summed E-state index contributed by atoms with van der Waals surface area (Å²) in [4.78, 5) is 12.9. The van der Waals surface area contributed by atoms with E-state index in [1.54, 1.807) is 0 Å². The van der Waals surface area contributed by atoms with Crippen molar-refractivity contribution in [2.75, 3.05) is 24.7 Å². The molecule has 35 heavy (non-hydrogen) atoms. The summed E-state index contributed by atoms with van der Waals surface area (Å²) in [5, 5.41) is 10.1. The number of sulfone groups is 1. The van der Waals surface area contributed by atoms with Gasteiger partial charge in [0.15, 0.2) is 9.84 Å². The second-order valence-electron chi connectivity index (χ2n) is 8.96. The van der Waals surface area contributed by atoms with Crippen LogP contribution in [0.1, 0.15) is 30.6 Å². The van der Waals surface area contributed by atoms with E-state index in [9.17, 15) is 21.6 Å². The van der Waals surface area contributed by atoms with Crippen LogP contribution in [0.3, 0.4) is 0 Å². The highest BCUT2D eigenvalue weighted by atomic mass is 32.2. The average Bonchev–Trinajstić information content (AvgIpc) is 3.26. The normalized spacial score (nSPS) is 19.4. The largest absolute Gasteiger partial charge is 0.403 e. The minimum atomic E-state index is -3.65. The topological polar surface area (TPSA) is 140 Å². The summed E-state index contributed by atoms with van der Waals surface area (Å²) in [7, 11) is -6.98. The first-order valence-electron chi connectivity index (χ1n) is 11.0. The first kappa shape index (κ1) is 25.0. The molecule has 1 aliphatic rings. The number of nitrogens with one attached hydrogen (secondary N) is 1. The van der Waals surface area contributed by atoms with Crippen LogP contribution in [-0.4, -0.2) is 56.6 Å². The summed E-state index contributed by atoms with van der Waals surface area (Å²) in [6.07, 6.45) is 2.10. The van der Waals surface area contributed by atoms with E-state index >= 15 is 0 Å². The summed E-state index contributed by atoms with van der Waals surface area (Å²) in [5.41, 5.74) is 0.711. The van der Waals surface area contributed by atoms with Crippen LogP contribution in [0.5, 0.6) is 0 Å². The summed E-state index contributed by atoms with van der Waals surface area (Å²) < 4.78 is 56.2. The van der Waals surface area contributed by atoms with Gasteiger partial charge >= 0.3 is 6.01 Å². The predicted octanol–water partition coefficient (Wildman–Crippen LogP) is 3.06. The fourth-order valence-electron chi connectivity index (χ4n) is 4.13. The molecule has 1 aromatic heterocycles. The van der Waals surface area contributed by atoms with E-state index in [-0.39, 0.29) is 39.1 Å². The number of carbonyl (C=O) groups is 1. The number of benzene rings is 2. The van der Waals surface area contributed by atoms with Crippen molar-refractivity contribution in [3.8, 4) is 11.5 Å². The van der Waals surface area contributed by atoms with Gasteiger partial charge in [0.05, 0.1) is 9.79 Å². The monoisotopic (exact) mass is 518 g/mol. The number of sulfonamides is 1. The second-order valence-corrected chi connectivity index (χ2v) is 12.9. The predicted molar refractivity (Wildman–Crippen MR) is 129 cm³/mol. The summed E-state index contributed by atoms with van der Waals surface area (Å²) in [6, 6.07) is 11.4. The molecule has 2 atom stereocenters. The lowest BCUT2D eigenvalue weighted by molar-refractivity contribution is 0.102. The van der Waals surface area contributed by atoms with E-state index in [4.69, 9.17) is 4.42 Å². The van der Waals surface area contributed by atoms with Crippen molar-refractivity contribution < 1.29 is 26.0 Å². The van der Waals surface area contributed by atoms with Gasteiger partial charge in [-0.2, -0.15) is 4.31 Å². The van der Waals surface area contributed by atoms with Crippen molar-refractivity contribution >= 4 is 31.8 Å². The van der Waals surface area contributed by atoms with E-state index in [0.29, 0.717) is 18.7 Å². The zero-order chi connectivity index (χ0) is 25.4. The lowest BCUT2D eigenvalue weighted by Gasteiger charge is -2.34. The molecule has 2 heterocycles. The molecule has 1 fully saturated rings. The first-order valence-corrected chi connectivity index (χ1v) is 14.3. The Kier molecular flexibility index (Phi) is 6.80. The van der Waals surface area contributed by atoms with Crippen LogP contribution in [0.25, 0.3) is 11.5 Å². The Labute approximate surface area is 204 Å². The number of aromatic nitrogens is 2. The van der Waals surface area contributed by atoms with Crippen LogP contribution in [0.4, 0.5) is 6.01 Å². The van der Waals surface area contributed by atoms with Gasteiger partial charge in [-0.05, 0) is 66.8 Å². The third kappa shape index (κ3) is 5.60. The third-order valence-corrected chi connectivity index (χ3v) is 8.74. The zero-order valence-corrected chi connectivity index (χ0v) is 21.1. The molecule has 0 spiro atoms. The lowest BCUT2D eigenvalue weighted by Crippen LogP contribution is -2.42. The number of amides is 1. The van der Waals surface area contributed by atoms with Crippen molar-refractivity contribution in [3.05, 3.63) is 54.1 Å². The Morgan fingerprint density at radius 3 is 2.06 bits per heavy atom. The fourth-order valence-corrected chi connectivity index (χ4v) is 6.44. The van der Waals surface area contributed by atoms with Gasteiger partial charge in [-0.3, -0.25) is 10.1 Å². The molecular weight excluding hydrogens is 492 g/mol. The molecule has 1 amide bonds. The number of hydrogen-bond acceptors (Lipinski definition) is 8. The number of anilines is 1. The van der Waals surface area contributed by atoms with Gasteiger partial charge in [0.2, 0.25) is 15.9 Å². The minimum Gasteiger partial charge on any atom is -0.403 e. The molecule has 1 aliphatic heterocycles. The molecule has 2 unspecified atom stereocenters. The van der Waals surface area contributed by atoms with E-state index < -0.39 is 25.8 Å². The van der Waals surface area contributed by atoms with Gasteiger partial charge in [-0.15, -0.1) is 5.10 Å². The number of hydrogen-bond donors (Lipinski definition) is 1. The number of carbonyl (C=O) groups excluding carboxylic acids is 1. The van der Waals surface area contributed by atoms with Crippen LogP contribution >= 0.6 is 0 Å². The number of nitrogens with zero attached hydrogens (tertiary/aromatic N) is 3. The highest BCUT2D eigenvalue weighted by molar-refractivity contribution is 7.90.